The minimum Gasteiger partial charge on any atom is -0.476 e. The molecule has 102 valence electrons. The van der Waals surface area contributed by atoms with E-state index in [1.165, 1.54) is 30.3 Å². The van der Waals surface area contributed by atoms with E-state index in [0.29, 0.717) is 0 Å². The number of halogens is 1. The van der Waals surface area contributed by atoms with Gasteiger partial charge in [-0.2, -0.15) is 0 Å². The first-order valence-electron chi connectivity index (χ1n) is 5.17. The third-order valence-electron chi connectivity index (χ3n) is 2.21. The summed E-state index contributed by atoms with van der Waals surface area (Å²) in [6.45, 7) is 0. The number of benzene rings is 1. The van der Waals surface area contributed by atoms with Gasteiger partial charge in [0, 0.05) is 12.1 Å². The van der Waals surface area contributed by atoms with E-state index in [2.05, 4.69) is 26.1 Å². The van der Waals surface area contributed by atoms with Crippen molar-refractivity contribution >= 4 is 27.6 Å². The van der Waals surface area contributed by atoms with Crippen molar-refractivity contribution in [1.82, 2.24) is 10.2 Å². The molecule has 0 amide bonds. The maximum absolute atomic E-state index is 10.8. The Morgan fingerprint density at radius 1 is 1.30 bits per heavy atom. The van der Waals surface area contributed by atoms with Crippen molar-refractivity contribution in [1.29, 1.82) is 0 Å². The van der Waals surface area contributed by atoms with E-state index >= 15 is 0 Å². The van der Waals surface area contributed by atoms with Crippen LogP contribution in [0.2, 0.25) is 0 Å². The van der Waals surface area contributed by atoms with Crippen molar-refractivity contribution in [3.63, 3.8) is 0 Å². The monoisotopic (exact) mass is 339 g/mol. The fourth-order valence-electron chi connectivity index (χ4n) is 1.32. The van der Waals surface area contributed by atoms with Gasteiger partial charge in [-0.3, -0.25) is 10.1 Å². The van der Waals surface area contributed by atoms with Gasteiger partial charge in [-0.25, -0.2) is 4.79 Å². The van der Waals surface area contributed by atoms with Crippen LogP contribution in [-0.4, -0.2) is 26.2 Å². The normalized spacial score (nSPS) is 10.1. The van der Waals surface area contributed by atoms with Gasteiger partial charge in [0.2, 0.25) is 5.88 Å². The van der Waals surface area contributed by atoms with Crippen LogP contribution in [0.4, 0.5) is 5.69 Å². The fraction of sp³-hybridized carbons (Fsp3) is 0. The minimum absolute atomic E-state index is 0.0243. The lowest BCUT2D eigenvalue weighted by molar-refractivity contribution is -0.385. The standard InChI is InChI=1S/C11H6BrN3O5/c12-10-7(15(18)19)2-1-3-8(10)20-9-5-4-6(11(16)17)13-14-9/h1-5H,(H,16,17). The van der Waals surface area contributed by atoms with Gasteiger partial charge in [0.1, 0.15) is 4.47 Å². The molecule has 9 heteroatoms. The topological polar surface area (TPSA) is 115 Å². The first-order valence-corrected chi connectivity index (χ1v) is 5.96. The highest BCUT2D eigenvalue weighted by molar-refractivity contribution is 9.10. The van der Waals surface area contributed by atoms with Crippen LogP contribution in [0.25, 0.3) is 0 Å². The number of ether oxygens (including phenoxy) is 1. The Labute approximate surface area is 120 Å². The predicted molar refractivity (Wildman–Crippen MR) is 69.9 cm³/mol. The van der Waals surface area contributed by atoms with Crippen molar-refractivity contribution in [2.75, 3.05) is 0 Å². The summed E-state index contributed by atoms with van der Waals surface area (Å²) >= 11 is 3.07. The quantitative estimate of drug-likeness (QED) is 0.672. The van der Waals surface area contributed by atoms with Crippen molar-refractivity contribution in [2.24, 2.45) is 0 Å². The molecule has 0 spiro atoms. The van der Waals surface area contributed by atoms with Gasteiger partial charge >= 0.3 is 5.97 Å². The number of nitrogens with zero attached hydrogens (tertiary/aromatic N) is 3. The van der Waals surface area contributed by atoms with E-state index in [9.17, 15) is 14.9 Å². The lowest BCUT2D eigenvalue weighted by Gasteiger charge is -2.06. The molecule has 0 fully saturated rings. The largest absolute Gasteiger partial charge is 0.476 e. The third kappa shape index (κ3) is 2.88. The highest BCUT2D eigenvalue weighted by atomic mass is 79.9. The number of aromatic carboxylic acids is 1. The van der Waals surface area contributed by atoms with Gasteiger partial charge in [0.15, 0.2) is 11.4 Å². The van der Waals surface area contributed by atoms with Crippen molar-refractivity contribution in [2.45, 2.75) is 0 Å². The second-order valence-corrected chi connectivity index (χ2v) is 4.30. The van der Waals surface area contributed by atoms with E-state index in [4.69, 9.17) is 9.84 Å². The minimum atomic E-state index is -1.21. The molecule has 0 saturated heterocycles. The van der Waals surface area contributed by atoms with Gasteiger partial charge in [-0.1, -0.05) is 6.07 Å². The lowest BCUT2D eigenvalue weighted by Crippen LogP contribution is -2.02. The van der Waals surface area contributed by atoms with Gasteiger partial charge in [0.25, 0.3) is 5.69 Å². The number of carboxylic acid groups (broad SMARTS) is 1. The summed E-state index contributed by atoms with van der Waals surface area (Å²) < 4.78 is 5.48. The SMILES string of the molecule is O=C(O)c1ccc(Oc2cccc([N+](=O)[O-])c2Br)nn1. The number of hydrogen-bond donors (Lipinski definition) is 1. The number of rotatable bonds is 4. The Morgan fingerprint density at radius 3 is 2.60 bits per heavy atom. The lowest BCUT2D eigenvalue weighted by atomic mass is 10.3. The summed E-state index contributed by atoms with van der Waals surface area (Å²) in [6.07, 6.45) is 0. The van der Waals surface area contributed by atoms with Crippen LogP contribution >= 0.6 is 15.9 Å². The Bertz CT molecular complexity index is 674. The third-order valence-corrected chi connectivity index (χ3v) is 3.01. The van der Waals surface area contributed by atoms with E-state index in [1.807, 2.05) is 0 Å². The number of nitro groups is 1. The first-order chi connectivity index (χ1) is 9.49. The van der Waals surface area contributed by atoms with Crippen LogP contribution in [0, 0.1) is 10.1 Å². The second-order valence-electron chi connectivity index (χ2n) is 3.51. The van der Waals surface area contributed by atoms with Gasteiger partial charge in [-0.15, -0.1) is 10.2 Å². The molecule has 1 aromatic carbocycles. The van der Waals surface area contributed by atoms with Gasteiger partial charge in [0.05, 0.1) is 4.92 Å². The molecule has 0 atom stereocenters. The zero-order valence-electron chi connectivity index (χ0n) is 9.69. The molecule has 0 aliphatic heterocycles. The van der Waals surface area contributed by atoms with Crippen LogP contribution in [0.3, 0.4) is 0 Å². The second kappa shape index (κ2) is 5.61. The fourth-order valence-corrected chi connectivity index (χ4v) is 1.81. The summed E-state index contributed by atoms with van der Waals surface area (Å²) in [7, 11) is 0. The summed E-state index contributed by atoms with van der Waals surface area (Å²) in [5.74, 6) is -1.01. The zero-order valence-corrected chi connectivity index (χ0v) is 11.3. The molecule has 0 saturated carbocycles. The molecule has 0 radical (unpaired) electrons. The van der Waals surface area contributed by atoms with Crippen LogP contribution in [0.15, 0.2) is 34.8 Å². The average molecular weight is 340 g/mol. The smallest absolute Gasteiger partial charge is 0.356 e. The number of nitro benzene ring substituents is 1. The number of aromatic nitrogens is 2. The highest BCUT2D eigenvalue weighted by Crippen LogP contribution is 2.35. The number of carboxylic acids is 1. The van der Waals surface area contributed by atoms with E-state index < -0.39 is 10.9 Å². The molecule has 0 unspecified atom stereocenters. The Kier molecular flexibility index (Phi) is 3.89. The molecule has 1 N–H and O–H groups in total. The maximum Gasteiger partial charge on any atom is 0.356 e. The molecule has 0 aliphatic carbocycles. The Balaban J connectivity index is 2.28. The Morgan fingerprint density at radius 2 is 2.05 bits per heavy atom. The van der Waals surface area contributed by atoms with E-state index in [1.54, 1.807) is 0 Å². The van der Waals surface area contributed by atoms with E-state index in [0.717, 1.165) is 0 Å². The molecule has 2 rings (SSSR count). The maximum atomic E-state index is 10.8. The van der Waals surface area contributed by atoms with Crippen LogP contribution in [-0.2, 0) is 0 Å². The van der Waals surface area contributed by atoms with Crippen molar-refractivity contribution < 1.29 is 19.6 Å². The van der Waals surface area contributed by atoms with Crippen molar-refractivity contribution in [3.05, 3.63) is 50.6 Å². The average Bonchev–Trinajstić information content (AvgIpc) is 2.41. The summed E-state index contributed by atoms with van der Waals surface area (Å²) in [4.78, 5) is 20.8. The Hall–Kier alpha value is -2.55. The van der Waals surface area contributed by atoms with Gasteiger partial charge in [-0.05, 0) is 28.1 Å². The molecule has 0 bridgehead atoms. The molecular weight excluding hydrogens is 334 g/mol. The van der Waals surface area contributed by atoms with E-state index in [-0.39, 0.29) is 27.5 Å². The first kappa shape index (κ1) is 13.9. The van der Waals surface area contributed by atoms with Crippen molar-refractivity contribution in [3.8, 4) is 11.6 Å². The van der Waals surface area contributed by atoms with Crippen LogP contribution in [0.5, 0.6) is 11.6 Å². The molecular formula is C11H6BrN3O5. The van der Waals surface area contributed by atoms with Crippen LogP contribution in [0.1, 0.15) is 10.5 Å². The molecule has 0 aliphatic rings. The number of hydrogen-bond acceptors (Lipinski definition) is 6. The highest BCUT2D eigenvalue weighted by Gasteiger charge is 2.17. The van der Waals surface area contributed by atoms with Crippen LogP contribution < -0.4 is 4.74 Å². The molecule has 1 aromatic heterocycles. The molecule has 20 heavy (non-hydrogen) atoms. The zero-order chi connectivity index (χ0) is 14.7. The predicted octanol–water partition coefficient (Wildman–Crippen LogP) is 2.64. The summed E-state index contributed by atoms with van der Waals surface area (Å²) in [6, 6.07) is 6.80. The molecule has 2 aromatic rings. The molecule has 8 nitrogen and oxygen atoms in total. The number of carbonyl (C=O) groups is 1. The van der Waals surface area contributed by atoms with Gasteiger partial charge < -0.3 is 9.84 Å². The summed E-state index contributed by atoms with van der Waals surface area (Å²) in [5, 5.41) is 26.5. The molecule has 1 heterocycles. The summed E-state index contributed by atoms with van der Waals surface area (Å²) in [5.41, 5.74) is -0.381.